The molecule has 1 aromatic heterocycles. The van der Waals surface area contributed by atoms with Crippen molar-refractivity contribution in [1.29, 1.82) is 0 Å². The minimum Gasteiger partial charge on any atom is -0.379 e. The fourth-order valence-electron chi connectivity index (χ4n) is 2.96. The highest BCUT2D eigenvalue weighted by molar-refractivity contribution is 7.89. The lowest BCUT2D eigenvalue weighted by atomic mass is 10.2. The fourth-order valence-corrected chi connectivity index (χ4v) is 4.60. The highest BCUT2D eigenvalue weighted by Gasteiger charge is 2.26. The first-order valence-electron chi connectivity index (χ1n) is 9.11. The number of morpholine rings is 1. The molecule has 0 aliphatic carbocycles. The first kappa shape index (κ1) is 21.5. The molecule has 0 radical (unpaired) electrons. The van der Waals surface area contributed by atoms with E-state index in [1.807, 2.05) is 6.92 Å². The van der Waals surface area contributed by atoms with Gasteiger partial charge in [-0.05, 0) is 30.7 Å². The Bertz CT molecular complexity index is 1010. The van der Waals surface area contributed by atoms with Crippen molar-refractivity contribution >= 4 is 33.6 Å². The van der Waals surface area contributed by atoms with Crippen LogP contribution in [0.3, 0.4) is 0 Å². The molecule has 1 fully saturated rings. The van der Waals surface area contributed by atoms with E-state index in [2.05, 4.69) is 10.4 Å². The van der Waals surface area contributed by atoms with Crippen molar-refractivity contribution < 1.29 is 17.9 Å². The number of nitrogens with zero attached hydrogens (tertiary/aromatic N) is 3. The third-order valence-corrected chi connectivity index (χ3v) is 6.96. The zero-order valence-corrected chi connectivity index (χ0v) is 17.8. The second-order valence-electron chi connectivity index (χ2n) is 6.63. The third kappa shape index (κ3) is 5.05. The molecule has 1 aliphatic rings. The molecule has 0 atom stereocenters. The van der Waals surface area contributed by atoms with Crippen LogP contribution in [-0.2, 0) is 33.1 Å². The van der Waals surface area contributed by atoms with Crippen LogP contribution in [0.25, 0.3) is 6.08 Å². The summed E-state index contributed by atoms with van der Waals surface area (Å²) in [5.74, 6) is -0.283. The summed E-state index contributed by atoms with van der Waals surface area (Å²) in [6.07, 6.45) is 3.02. The standard InChI is InChI=1S/C19H23ClN4O4S/c1-14-17(19(20)23(2)22-14)7-8-18(25)21-13-15-3-5-16(6-4-15)29(26,27)24-9-11-28-12-10-24/h3-8H,9-13H2,1-2H3,(H,21,25). The molecule has 1 saturated heterocycles. The molecule has 1 N–H and O–H groups in total. The average Bonchev–Trinajstić information content (AvgIpc) is 2.97. The van der Waals surface area contributed by atoms with E-state index in [1.54, 1.807) is 42.1 Å². The van der Waals surface area contributed by atoms with E-state index in [9.17, 15) is 13.2 Å². The van der Waals surface area contributed by atoms with Gasteiger partial charge in [0.25, 0.3) is 0 Å². The van der Waals surface area contributed by atoms with Crippen molar-refractivity contribution in [3.63, 3.8) is 0 Å². The number of aryl methyl sites for hydroxylation is 2. The van der Waals surface area contributed by atoms with Crippen molar-refractivity contribution in [2.75, 3.05) is 26.3 Å². The first-order valence-corrected chi connectivity index (χ1v) is 10.9. The number of nitrogens with one attached hydrogen (secondary N) is 1. The quantitative estimate of drug-likeness (QED) is 0.693. The Kier molecular flexibility index (Phi) is 6.74. The Labute approximate surface area is 175 Å². The molecule has 3 rings (SSSR count). The van der Waals surface area contributed by atoms with E-state index >= 15 is 0 Å². The van der Waals surface area contributed by atoms with Gasteiger partial charge in [0.1, 0.15) is 5.15 Å². The average molecular weight is 439 g/mol. The van der Waals surface area contributed by atoms with Gasteiger partial charge in [-0.15, -0.1) is 0 Å². The number of carbonyl (C=O) groups excluding carboxylic acids is 1. The number of benzene rings is 1. The molecule has 8 nitrogen and oxygen atoms in total. The van der Waals surface area contributed by atoms with Crippen LogP contribution in [0.2, 0.25) is 5.15 Å². The van der Waals surface area contributed by atoms with E-state index < -0.39 is 10.0 Å². The third-order valence-electron chi connectivity index (χ3n) is 4.60. The molecule has 1 amide bonds. The number of rotatable bonds is 6. The summed E-state index contributed by atoms with van der Waals surface area (Å²) >= 11 is 6.14. The maximum Gasteiger partial charge on any atom is 0.244 e. The van der Waals surface area contributed by atoms with Crippen molar-refractivity contribution in [3.8, 4) is 0 Å². The number of hydrogen-bond acceptors (Lipinski definition) is 5. The van der Waals surface area contributed by atoms with Crippen LogP contribution in [0, 0.1) is 6.92 Å². The van der Waals surface area contributed by atoms with Crippen molar-refractivity contribution in [2.45, 2.75) is 18.4 Å². The summed E-state index contributed by atoms with van der Waals surface area (Å²) in [5.41, 5.74) is 2.23. The second kappa shape index (κ2) is 9.08. The molecule has 2 heterocycles. The molecule has 10 heteroatoms. The molecular weight excluding hydrogens is 416 g/mol. The summed E-state index contributed by atoms with van der Waals surface area (Å²) in [6.45, 7) is 3.61. The summed E-state index contributed by atoms with van der Waals surface area (Å²) in [4.78, 5) is 12.3. The van der Waals surface area contributed by atoms with Crippen LogP contribution in [0.4, 0.5) is 0 Å². The number of amides is 1. The minimum atomic E-state index is -3.52. The van der Waals surface area contributed by atoms with Crippen molar-refractivity contribution in [3.05, 3.63) is 52.3 Å². The van der Waals surface area contributed by atoms with Gasteiger partial charge < -0.3 is 10.1 Å². The Morgan fingerprint density at radius 2 is 1.93 bits per heavy atom. The number of sulfonamides is 1. The molecule has 29 heavy (non-hydrogen) atoms. The highest BCUT2D eigenvalue weighted by Crippen LogP contribution is 2.20. The van der Waals surface area contributed by atoms with Gasteiger partial charge in [0.15, 0.2) is 0 Å². The molecule has 1 aliphatic heterocycles. The van der Waals surface area contributed by atoms with E-state index in [4.69, 9.17) is 16.3 Å². The SMILES string of the molecule is Cc1nn(C)c(Cl)c1C=CC(=O)NCc1ccc(S(=O)(=O)N2CCOCC2)cc1. The maximum absolute atomic E-state index is 12.6. The van der Waals surface area contributed by atoms with Crippen molar-refractivity contribution in [2.24, 2.45) is 7.05 Å². The summed E-state index contributed by atoms with van der Waals surface area (Å²) in [6, 6.07) is 6.50. The van der Waals surface area contributed by atoms with Gasteiger partial charge in [0, 0.05) is 38.3 Å². The predicted molar refractivity (Wildman–Crippen MR) is 110 cm³/mol. The zero-order valence-electron chi connectivity index (χ0n) is 16.3. The summed E-state index contributed by atoms with van der Waals surface area (Å²) in [7, 11) is -1.79. The summed E-state index contributed by atoms with van der Waals surface area (Å²) in [5, 5.41) is 7.41. The Balaban J connectivity index is 1.58. The zero-order chi connectivity index (χ0) is 21.0. The van der Waals surface area contributed by atoms with E-state index in [-0.39, 0.29) is 17.3 Å². The van der Waals surface area contributed by atoms with Gasteiger partial charge in [-0.3, -0.25) is 9.48 Å². The van der Waals surface area contributed by atoms with Gasteiger partial charge in [0.05, 0.1) is 23.8 Å². The molecule has 156 valence electrons. The smallest absolute Gasteiger partial charge is 0.244 e. The monoisotopic (exact) mass is 438 g/mol. The molecular formula is C19H23ClN4O4S. The normalized spacial score (nSPS) is 15.7. The molecule has 0 unspecified atom stereocenters. The highest BCUT2D eigenvalue weighted by atomic mass is 35.5. The number of ether oxygens (including phenoxy) is 1. The van der Waals surface area contributed by atoms with Gasteiger partial charge in [0.2, 0.25) is 15.9 Å². The maximum atomic E-state index is 12.6. The lowest BCUT2D eigenvalue weighted by Crippen LogP contribution is -2.40. The number of halogens is 1. The van der Waals surface area contributed by atoms with E-state index in [0.717, 1.165) is 11.3 Å². The number of carbonyl (C=O) groups is 1. The van der Waals surface area contributed by atoms with E-state index in [1.165, 1.54) is 10.4 Å². The first-order chi connectivity index (χ1) is 13.8. The molecule has 2 aromatic rings. The Morgan fingerprint density at radius 1 is 1.28 bits per heavy atom. The predicted octanol–water partition coefficient (Wildman–Crippen LogP) is 1.73. The van der Waals surface area contributed by atoms with Crippen LogP contribution < -0.4 is 5.32 Å². The topological polar surface area (TPSA) is 93.5 Å². The molecule has 1 aromatic carbocycles. The minimum absolute atomic E-state index is 0.232. The van der Waals surface area contributed by atoms with Crippen LogP contribution in [-0.4, -0.2) is 54.7 Å². The van der Waals surface area contributed by atoms with Crippen molar-refractivity contribution in [1.82, 2.24) is 19.4 Å². The number of hydrogen-bond donors (Lipinski definition) is 1. The Morgan fingerprint density at radius 3 is 2.52 bits per heavy atom. The molecule has 0 spiro atoms. The van der Waals surface area contributed by atoms with Crippen LogP contribution in [0.5, 0.6) is 0 Å². The Hall–Kier alpha value is -2.20. The van der Waals surface area contributed by atoms with Crippen LogP contribution >= 0.6 is 11.6 Å². The van der Waals surface area contributed by atoms with Gasteiger partial charge in [-0.25, -0.2) is 8.42 Å². The fraction of sp³-hybridized carbons (Fsp3) is 0.368. The number of aromatic nitrogens is 2. The second-order valence-corrected chi connectivity index (χ2v) is 8.92. The van der Waals surface area contributed by atoms with E-state index in [0.29, 0.717) is 37.0 Å². The van der Waals surface area contributed by atoms with Gasteiger partial charge in [-0.1, -0.05) is 23.7 Å². The lowest BCUT2D eigenvalue weighted by Gasteiger charge is -2.26. The summed E-state index contributed by atoms with van der Waals surface area (Å²) < 4.78 is 33.4. The van der Waals surface area contributed by atoms with Crippen LogP contribution in [0.15, 0.2) is 35.2 Å². The lowest BCUT2D eigenvalue weighted by molar-refractivity contribution is -0.116. The van der Waals surface area contributed by atoms with Gasteiger partial charge in [-0.2, -0.15) is 9.40 Å². The van der Waals surface area contributed by atoms with Gasteiger partial charge >= 0.3 is 0 Å². The largest absolute Gasteiger partial charge is 0.379 e. The molecule has 0 bridgehead atoms. The molecule has 0 saturated carbocycles. The van der Waals surface area contributed by atoms with Crippen LogP contribution in [0.1, 0.15) is 16.8 Å².